The first-order chi connectivity index (χ1) is 10.7. The van der Waals surface area contributed by atoms with Crippen molar-refractivity contribution in [3.8, 4) is 0 Å². The van der Waals surface area contributed by atoms with E-state index in [0.29, 0.717) is 6.42 Å². The number of aromatic nitrogens is 2. The number of hydrogen-bond donors (Lipinski definition) is 2. The van der Waals surface area contributed by atoms with Gasteiger partial charge in [0.25, 0.3) is 0 Å². The molecule has 1 amide bonds. The summed E-state index contributed by atoms with van der Waals surface area (Å²) in [5.74, 6) is -0.119. The average Bonchev–Trinajstić information content (AvgIpc) is 3.13. The molecule has 2 unspecified atom stereocenters. The number of carbonyl (C=O) groups excluding carboxylic acids is 1. The van der Waals surface area contributed by atoms with Crippen LogP contribution in [0.25, 0.3) is 4.96 Å². The average molecular weight is 313 g/mol. The van der Waals surface area contributed by atoms with Crippen LogP contribution in [0.1, 0.15) is 22.9 Å². The number of fused-ring (bicyclic) bond motifs is 2. The molecular weight excluding hydrogens is 298 g/mol. The molecule has 22 heavy (non-hydrogen) atoms. The second kappa shape index (κ2) is 5.23. The molecule has 1 aromatic carbocycles. The Hall–Kier alpha value is -2.18. The first-order valence-electron chi connectivity index (χ1n) is 7.17. The molecule has 0 saturated heterocycles. The Morgan fingerprint density at radius 3 is 3.18 bits per heavy atom. The maximum Gasteiger partial charge on any atom is 0.226 e. The topological polar surface area (TPSA) is 66.6 Å². The van der Waals surface area contributed by atoms with Crippen LogP contribution >= 0.6 is 11.3 Å². The number of aliphatic hydroxyl groups is 1. The number of hydrogen-bond acceptors (Lipinski definition) is 4. The van der Waals surface area contributed by atoms with Gasteiger partial charge in [0, 0.05) is 24.2 Å². The van der Waals surface area contributed by atoms with E-state index in [1.807, 2.05) is 46.4 Å². The van der Waals surface area contributed by atoms with E-state index in [2.05, 4.69) is 10.3 Å². The molecule has 3 aromatic rings. The summed E-state index contributed by atoms with van der Waals surface area (Å²) in [6.45, 7) is 0. The summed E-state index contributed by atoms with van der Waals surface area (Å²) in [4.78, 5) is 17.5. The minimum atomic E-state index is -0.563. The van der Waals surface area contributed by atoms with Gasteiger partial charge in [0.1, 0.15) is 0 Å². The van der Waals surface area contributed by atoms with E-state index in [4.69, 9.17) is 0 Å². The van der Waals surface area contributed by atoms with Gasteiger partial charge < -0.3 is 10.4 Å². The van der Waals surface area contributed by atoms with Gasteiger partial charge in [0.05, 0.1) is 24.3 Å². The predicted octanol–water partition coefficient (Wildman–Crippen LogP) is 1.71. The molecule has 6 heteroatoms. The summed E-state index contributed by atoms with van der Waals surface area (Å²) in [5.41, 5.74) is 2.85. The highest BCUT2D eigenvalue weighted by Gasteiger charge is 2.31. The van der Waals surface area contributed by atoms with Gasteiger partial charge in [-0.05, 0) is 11.1 Å². The Morgan fingerprint density at radius 1 is 1.45 bits per heavy atom. The molecule has 0 aliphatic heterocycles. The molecule has 0 fully saturated rings. The third-order valence-corrected chi connectivity index (χ3v) is 4.78. The molecule has 0 spiro atoms. The van der Waals surface area contributed by atoms with Crippen LogP contribution in [0.4, 0.5) is 0 Å². The van der Waals surface area contributed by atoms with Crippen molar-refractivity contribution in [3.05, 3.63) is 58.9 Å². The molecular formula is C16H15N3O2S. The summed E-state index contributed by atoms with van der Waals surface area (Å²) in [6, 6.07) is 7.51. The summed E-state index contributed by atoms with van der Waals surface area (Å²) >= 11 is 1.54. The molecule has 5 nitrogen and oxygen atoms in total. The zero-order valence-electron chi connectivity index (χ0n) is 11.8. The molecule has 2 N–H and O–H groups in total. The number of rotatable bonds is 3. The van der Waals surface area contributed by atoms with Gasteiger partial charge >= 0.3 is 0 Å². The van der Waals surface area contributed by atoms with Crippen LogP contribution in [-0.4, -0.2) is 26.5 Å². The Balaban J connectivity index is 1.49. The van der Waals surface area contributed by atoms with Crippen molar-refractivity contribution in [3.63, 3.8) is 0 Å². The van der Waals surface area contributed by atoms with E-state index < -0.39 is 6.10 Å². The number of thiazole rings is 1. The largest absolute Gasteiger partial charge is 0.390 e. The second-order valence-corrected chi connectivity index (χ2v) is 6.39. The zero-order chi connectivity index (χ0) is 15.1. The van der Waals surface area contributed by atoms with Gasteiger partial charge in [-0.1, -0.05) is 24.3 Å². The summed E-state index contributed by atoms with van der Waals surface area (Å²) in [6.07, 6.45) is 4.03. The standard InChI is InChI=1S/C16H15N3O2S/c20-13-7-10-3-1-2-4-12(10)15(13)18-14(21)8-11-9-19-5-6-22-16(19)17-11/h1-6,9,13,15,20H,7-8H2,(H,18,21). The predicted molar refractivity (Wildman–Crippen MR) is 83.8 cm³/mol. The lowest BCUT2D eigenvalue weighted by atomic mass is 10.1. The minimum Gasteiger partial charge on any atom is -0.390 e. The molecule has 2 heterocycles. The van der Waals surface area contributed by atoms with Crippen molar-refractivity contribution < 1.29 is 9.90 Å². The molecule has 0 bridgehead atoms. The lowest BCUT2D eigenvalue weighted by Crippen LogP contribution is -2.34. The molecule has 0 radical (unpaired) electrons. The maximum absolute atomic E-state index is 12.3. The van der Waals surface area contributed by atoms with Crippen molar-refractivity contribution in [1.29, 1.82) is 0 Å². The first kappa shape index (κ1) is 13.5. The van der Waals surface area contributed by atoms with Gasteiger partial charge in [-0.2, -0.15) is 0 Å². The minimum absolute atomic E-state index is 0.119. The van der Waals surface area contributed by atoms with Crippen LogP contribution in [0.2, 0.25) is 0 Å². The number of amides is 1. The lowest BCUT2D eigenvalue weighted by Gasteiger charge is -2.17. The molecule has 2 aromatic heterocycles. The fourth-order valence-corrected chi connectivity index (χ4v) is 3.72. The highest BCUT2D eigenvalue weighted by Crippen LogP contribution is 2.31. The van der Waals surface area contributed by atoms with Crippen molar-refractivity contribution >= 4 is 22.2 Å². The van der Waals surface area contributed by atoms with E-state index in [1.54, 1.807) is 0 Å². The van der Waals surface area contributed by atoms with Gasteiger partial charge in [-0.25, -0.2) is 4.98 Å². The van der Waals surface area contributed by atoms with Crippen LogP contribution in [0.5, 0.6) is 0 Å². The van der Waals surface area contributed by atoms with Gasteiger partial charge in [0.15, 0.2) is 4.96 Å². The van der Waals surface area contributed by atoms with Gasteiger partial charge in [-0.15, -0.1) is 11.3 Å². The number of imidazole rings is 1. The SMILES string of the molecule is O=C(Cc1cn2ccsc2n1)NC1c2ccccc2CC1O. The Kier molecular flexibility index (Phi) is 3.20. The van der Waals surface area contributed by atoms with Crippen molar-refractivity contribution in [2.24, 2.45) is 0 Å². The van der Waals surface area contributed by atoms with Crippen LogP contribution in [0.3, 0.4) is 0 Å². The van der Waals surface area contributed by atoms with Crippen LogP contribution in [-0.2, 0) is 17.6 Å². The quantitative estimate of drug-likeness (QED) is 0.773. The monoisotopic (exact) mass is 313 g/mol. The number of carbonyl (C=O) groups is 1. The smallest absolute Gasteiger partial charge is 0.226 e. The summed E-state index contributed by atoms with van der Waals surface area (Å²) < 4.78 is 1.91. The van der Waals surface area contributed by atoms with E-state index in [9.17, 15) is 9.90 Å². The Morgan fingerprint density at radius 2 is 2.32 bits per heavy atom. The maximum atomic E-state index is 12.3. The number of nitrogens with one attached hydrogen (secondary N) is 1. The van der Waals surface area contributed by atoms with E-state index in [0.717, 1.165) is 21.8 Å². The highest BCUT2D eigenvalue weighted by atomic mass is 32.1. The third kappa shape index (κ3) is 2.30. The number of aliphatic hydroxyl groups excluding tert-OH is 1. The fourth-order valence-electron chi connectivity index (χ4n) is 3.00. The normalized spacial score (nSPS) is 20.2. The molecule has 2 atom stereocenters. The molecule has 0 saturated carbocycles. The van der Waals surface area contributed by atoms with Gasteiger partial charge in [-0.3, -0.25) is 9.20 Å². The Bertz CT molecular complexity index is 810. The molecule has 4 rings (SSSR count). The third-order valence-electron chi connectivity index (χ3n) is 4.01. The van der Waals surface area contributed by atoms with Gasteiger partial charge in [0.2, 0.25) is 5.91 Å². The molecule has 112 valence electrons. The van der Waals surface area contributed by atoms with Crippen LogP contribution in [0, 0.1) is 0 Å². The van der Waals surface area contributed by atoms with Crippen molar-refractivity contribution in [2.75, 3.05) is 0 Å². The fraction of sp³-hybridized carbons (Fsp3) is 0.250. The zero-order valence-corrected chi connectivity index (χ0v) is 12.6. The molecule has 1 aliphatic carbocycles. The lowest BCUT2D eigenvalue weighted by molar-refractivity contribution is -0.122. The van der Waals surface area contributed by atoms with Crippen LogP contribution in [0.15, 0.2) is 42.0 Å². The van der Waals surface area contributed by atoms with E-state index in [1.165, 1.54) is 11.3 Å². The summed E-state index contributed by atoms with van der Waals surface area (Å²) in [7, 11) is 0. The number of nitrogens with zero attached hydrogens (tertiary/aromatic N) is 2. The van der Waals surface area contributed by atoms with Crippen molar-refractivity contribution in [2.45, 2.75) is 25.0 Å². The van der Waals surface area contributed by atoms with Crippen molar-refractivity contribution in [1.82, 2.24) is 14.7 Å². The molecule has 1 aliphatic rings. The first-order valence-corrected chi connectivity index (χ1v) is 8.05. The Labute approximate surface area is 131 Å². The van der Waals surface area contributed by atoms with E-state index in [-0.39, 0.29) is 18.4 Å². The van der Waals surface area contributed by atoms with Crippen LogP contribution < -0.4 is 5.32 Å². The number of benzene rings is 1. The summed E-state index contributed by atoms with van der Waals surface area (Å²) in [5, 5.41) is 15.1. The second-order valence-electron chi connectivity index (χ2n) is 5.52. The van der Waals surface area contributed by atoms with E-state index >= 15 is 0 Å². The highest BCUT2D eigenvalue weighted by molar-refractivity contribution is 7.15.